The van der Waals surface area contributed by atoms with Crippen LogP contribution in [-0.4, -0.2) is 42.1 Å². The van der Waals surface area contributed by atoms with E-state index < -0.39 is 5.97 Å². The van der Waals surface area contributed by atoms with E-state index in [2.05, 4.69) is 0 Å². The van der Waals surface area contributed by atoms with Gasteiger partial charge in [0.15, 0.2) is 0 Å². The molecule has 0 spiro atoms. The molecule has 20 heavy (non-hydrogen) atoms. The molecule has 1 saturated heterocycles. The van der Waals surface area contributed by atoms with Crippen LogP contribution >= 0.6 is 0 Å². The molecule has 6 heteroatoms. The number of amides is 2. The molecular weight excluding hydrogens is 258 g/mol. The molecule has 1 aromatic rings. The highest BCUT2D eigenvalue weighted by Crippen LogP contribution is 2.29. The average molecular weight is 277 g/mol. The van der Waals surface area contributed by atoms with Gasteiger partial charge in [-0.15, -0.1) is 0 Å². The van der Waals surface area contributed by atoms with Crippen molar-refractivity contribution >= 4 is 17.7 Å². The third-order valence-corrected chi connectivity index (χ3v) is 3.51. The molecule has 6 nitrogen and oxygen atoms in total. The Balaban J connectivity index is 2.22. The minimum atomic E-state index is -0.866. The predicted octanol–water partition coefficient (Wildman–Crippen LogP) is 1.42. The normalized spacial score (nSPS) is 16.6. The highest BCUT2D eigenvalue weighted by Gasteiger charge is 2.29. The van der Waals surface area contributed by atoms with Crippen LogP contribution in [0.2, 0.25) is 0 Å². The number of aliphatic carboxylic acids is 1. The highest BCUT2D eigenvalue weighted by molar-refractivity contribution is 5.94. The fourth-order valence-electron chi connectivity index (χ4n) is 2.35. The third-order valence-electron chi connectivity index (χ3n) is 3.51. The molecule has 0 aromatic heterocycles. The van der Waals surface area contributed by atoms with Gasteiger partial charge >= 0.3 is 12.0 Å². The lowest BCUT2D eigenvalue weighted by molar-refractivity contribution is -0.137. The molecule has 1 aliphatic heterocycles. The van der Waals surface area contributed by atoms with Crippen LogP contribution in [0.15, 0.2) is 24.3 Å². The number of hydrogen-bond acceptors (Lipinski definition) is 3. The van der Waals surface area contributed by atoms with Crippen molar-refractivity contribution in [2.75, 3.05) is 25.0 Å². The van der Waals surface area contributed by atoms with Gasteiger partial charge in [-0.3, -0.25) is 9.69 Å². The molecule has 2 rings (SSSR count). The zero-order chi connectivity index (χ0) is 14.7. The minimum Gasteiger partial charge on any atom is -0.481 e. The van der Waals surface area contributed by atoms with E-state index in [0.717, 1.165) is 11.3 Å². The maximum atomic E-state index is 12.1. The molecule has 0 radical (unpaired) electrons. The fraction of sp³-hybridized carbons (Fsp3) is 0.429. The molecule has 1 fully saturated rings. The molecule has 0 saturated carbocycles. The molecule has 3 N–H and O–H groups in total. The number of carbonyl (C=O) groups excluding carboxylic acids is 1. The first-order valence-electron chi connectivity index (χ1n) is 6.59. The molecule has 108 valence electrons. The van der Waals surface area contributed by atoms with Crippen LogP contribution in [-0.2, 0) is 4.79 Å². The van der Waals surface area contributed by atoms with E-state index in [1.807, 2.05) is 24.3 Å². The second-order valence-corrected chi connectivity index (χ2v) is 4.95. The predicted molar refractivity (Wildman–Crippen MR) is 75.6 cm³/mol. The monoisotopic (exact) mass is 277 g/mol. The lowest BCUT2D eigenvalue weighted by Crippen LogP contribution is -2.30. The molecule has 1 unspecified atom stereocenters. The number of nitrogens with two attached hydrogens (primary N) is 1. The van der Waals surface area contributed by atoms with E-state index in [-0.39, 0.29) is 18.5 Å². The van der Waals surface area contributed by atoms with Gasteiger partial charge in [-0.2, -0.15) is 0 Å². The summed E-state index contributed by atoms with van der Waals surface area (Å²) in [4.78, 5) is 26.1. The summed E-state index contributed by atoms with van der Waals surface area (Å²) in [5.74, 6) is -0.866. The van der Waals surface area contributed by atoms with Gasteiger partial charge in [0.2, 0.25) is 0 Å². The summed E-state index contributed by atoms with van der Waals surface area (Å²) in [6.07, 6.45) is 0.369. The number of carboxylic acids is 1. The number of carboxylic acid groups (broad SMARTS) is 1. The maximum absolute atomic E-state index is 12.1. The molecule has 0 bridgehead atoms. The van der Waals surface area contributed by atoms with Crippen LogP contribution in [0.1, 0.15) is 24.4 Å². The lowest BCUT2D eigenvalue weighted by atomic mass is 10.0. The Bertz CT molecular complexity index is 518. The first-order valence-corrected chi connectivity index (χ1v) is 6.59. The first kappa shape index (κ1) is 14.3. The van der Waals surface area contributed by atoms with Gasteiger partial charge < -0.3 is 15.7 Å². The largest absolute Gasteiger partial charge is 0.481 e. The van der Waals surface area contributed by atoms with Gasteiger partial charge in [0, 0.05) is 32.6 Å². The second kappa shape index (κ2) is 5.92. The Kier molecular flexibility index (Phi) is 4.24. The fourth-order valence-corrected chi connectivity index (χ4v) is 2.35. The molecule has 2 amide bonds. The Morgan fingerprint density at radius 1 is 1.40 bits per heavy atom. The Morgan fingerprint density at radius 3 is 2.70 bits per heavy atom. The smallest absolute Gasteiger partial charge is 0.324 e. The van der Waals surface area contributed by atoms with Crippen molar-refractivity contribution < 1.29 is 14.7 Å². The Hall–Kier alpha value is -2.08. The van der Waals surface area contributed by atoms with Crippen molar-refractivity contribution in [2.24, 2.45) is 5.73 Å². The van der Waals surface area contributed by atoms with Crippen molar-refractivity contribution in [3.8, 4) is 0 Å². The van der Waals surface area contributed by atoms with E-state index in [1.54, 1.807) is 16.8 Å². The number of benzene rings is 1. The number of hydrogen-bond donors (Lipinski definition) is 2. The molecule has 1 atom stereocenters. The van der Waals surface area contributed by atoms with Crippen molar-refractivity contribution in [2.45, 2.75) is 18.9 Å². The molecule has 0 aliphatic carbocycles. The number of rotatable bonds is 5. The zero-order valence-corrected chi connectivity index (χ0v) is 11.5. The molecule has 1 aliphatic rings. The summed E-state index contributed by atoms with van der Waals surface area (Å²) in [6, 6.07) is 6.97. The minimum absolute atomic E-state index is 0.0172. The summed E-state index contributed by atoms with van der Waals surface area (Å²) in [5.41, 5.74) is 7.67. The number of nitrogens with zero attached hydrogens (tertiary/aromatic N) is 2. The van der Waals surface area contributed by atoms with Crippen LogP contribution in [0.25, 0.3) is 0 Å². The van der Waals surface area contributed by atoms with E-state index in [4.69, 9.17) is 10.8 Å². The molecule has 1 aromatic carbocycles. The highest BCUT2D eigenvalue weighted by atomic mass is 16.4. The van der Waals surface area contributed by atoms with Crippen molar-refractivity contribution in [3.63, 3.8) is 0 Å². The van der Waals surface area contributed by atoms with Crippen molar-refractivity contribution in [3.05, 3.63) is 29.8 Å². The summed E-state index contributed by atoms with van der Waals surface area (Å²) >= 11 is 0. The van der Waals surface area contributed by atoms with Crippen LogP contribution < -0.4 is 10.6 Å². The van der Waals surface area contributed by atoms with Crippen LogP contribution in [0.4, 0.5) is 10.5 Å². The number of anilines is 1. The van der Waals surface area contributed by atoms with E-state index in [0.29, 0.717) is 19.5 Å². The van der Waals surface area contributed by atoms with Gasteiger partial charge in [0.25, 0.3) is 0 Å². The Labute approximate surface area is 117 Å². The van der Waals surface area contributed by atoms with Crippen molar-refractivity contribution in [1.82, 2.24) is 4.90 Å². The van der Waals surface area contributed by atoms with Crippen LogP contribution in [0.3, 0.4) is 0 Å². The van der Waals surface area contributed by atoms with Gasteiger partial charge in [-0.1, -0.05) is 18.2 Å². The molecule has 1 heterocycles. The standard InChI is InChI=1S/C14H19N3O3/c1-16-8-9-17(14(16)20)12-5-3-2-4-10(12)11(15)6-7-13(18)19/h2-5,11H,6-9,15H2,1H3,(H,18,19). The zero-order valence-electron chi connectivity index (χ0n) is 11.5. The number of carbonyl (C=O) groups is 2. The first-order chi connectivity index (χ1) is 9.50. The second-order valence-electron chi connectivity index (χ2n) is 4.95. The lowest BCUT2D eigenvalue weighted by Gasteiger charge is -2.22. The molecular formula is C14H19N3O3. The van der Waals surface area contributed by atoms with Crippen molar-refractivity contribution in [1.29, 1.82) is 0 Å². The maximum Gasteiger partial charge on any atom is 0.324 e. The number of urea groups is 1. The van der Waals surface area contributed by atoms with E-state index >= 15 is 0 Å². The van der Waals surface area contributed by atoms with Crippen LogP contribution in [0.5, 0.6) is 0 Å². The van der Waals surface area contributed by atoms with E-state index in [9.17, 15) is 9.59 Å². The Morgan fingerprint density at radius 2 is 2.10 bits per heavy atom. The SMILES string of the molecule is CN1CCN(c2ccccc2C(N)CCC(=O)O)C1=O. The van der Waals surface area contributed by atoms with Gasteiger partial charge in [0.1, 0.15) is 0 Å². The quantitative estimate of drug-likeness (QED) is 0.852. The van der Waals surface area contributed by atoms with Gasteiger partial charge in [0.05, 0.1) is 5.69 Å². The third kappa shape index (κ3) is 2.91. The van der Waals surface area contributed by atoms with Crippen LogP contribution in [0, 0.1) is 0 Å². The van der Waals surface area contributed by atoms with Gasteiger partial charge in [-0.25, -0.2) is 4.79 Å². The topological polar surface area (TPSA) is 86.9 Å². The number of para-hydroxylation sites is 1. The number of likely N-dealkylation sites (N-methyl/N-ethyl adjacent to an activating group) is 1. The van der Waals surface area contributed by atoms with E-state index in [1.165, 1.54) is 0 Å². The van der Waals surface area contributed by atoms with Gasteiger partial charge in [-0.05, 0) is 18.1 Å². The average Bonchev–Trinajstić information content (AvgIpc) is 2.76. The summed E-state index contributed by atoms with van der Waals surface area (Å²) < 4.78 is 0. The summed E-state index contributed by atoms with van der Waals surface area (Å²) in [5, 5.41) is 8.74. The summed E-state index contributed by atoms with van der Waals surface area (Å²) in [7, 11) is 1.76. The summed E-state index contributed by atoms with van der Waals surface area (Å²) in [6.45, 7) is 1.30.